The van der Waals surface area contributed by atoms with Crippen LogP contribution in [0.4, 0.5) is 13.2 Å². The maximum Gasteiger partial charge on any atom is 0.170 e. The quantitative estimate of drug-likeness (QED) is 0.419. The van der Waals surface area contributed by atoms with Gasteiger partial charge in [0.1, 0.15) is 5.82 Å². The van der Waals surface area contributed by atoms with Crippen LogP contribution in [0.1, 0.15) is 5.56 Å². The number of pyridine rings is 1. The molecule has 23 heavy (non-hydrogen) atoms. The molecule has 0 spiro atoms. The molecule has 0 radical (unpaired) electrons. The van der Waals surface area contributed by atoms with Crippen LogP contribution in [-0.4, -0.2) is 4.98 Å². The molecule has 0 aliphatic heterocycles. The zero-order chi connectivity index (χ0) is 16.4. The number of hydrogen-bond donors (Lipinski definition) is 0. The number of hydrogen-bond acceptors (Lipinski definition) is 1. The van der Waals surface area contributed by atoms with Crippen molar-refractivity contribution in [2.24, 2.45) is 0 Å². The summed E-state index contributed by atoms with van der Waals surface area (Å²) in [6.07, 6.45) is 1.44. The number of aromatic nitrogens is 1. The first-order valence-corrected chi connectivity index (χ1v) is 7.98. The Labute approximate surface area is 139 Å². The van der Waals surface area contributed by atoms with E-state index in [1.807, 2.05) is 0 Å². The Morgan fingerprint density at radius 2 is 1.65 bits per heavy atom. The van der Waals surface area contributed by atoms with Crippen molar-refractivity contribution >= 4 is 15.9 Å². The molecule has 1 heterocycles. The van der Waals surface area contributed by atoms with Crippen LogP contribution in [-0.2, 0) is 5.33 Å². The molecule has 0 N–H and O–H groups in total. The van der Waals surface area contributed by atoms with Crippen molar-refractivity contribution in [2.45, 2.75) is 5.33 Å². The molecule has 0 unspecified atom stereocenters. The molecular formula is C18H11BrF3N. The number of halogens is 4. The van der Waals surface area contributed by atoms with Crippen molar-refractivity contribution in [3.63, 3.8) is 0 Å². The molecule has 0 saturated carbocycles. The largest absolute Gasteiger partial charge is 0.256 e. The highest BCUT2D eigenvalue weighted by molar-refractivity contribution is 9.08. The first-order chi connectivity index (χ1) is 11.1. The van der Waals surface area contributed by atoms with Gasteiger partial charge in [-0.15, -0.1) is 0 Å². The van der Waals surface area contributed by atoms with Crippen molar-refractivity contribution in [3.8, 4) is 22.4 Å². The van der Waals surface area contributed by atoms with Gasteiger partial charge >= 0.3 is 0 Å². The summed E-state index contributed by atoms with van der Waals surface area (Å²) in [5, 5.41) is 0.630. The van der Waals surface area contributed by atoms with E-state index in [4.69, 9.17) is 0 Å². The normalized spacial score (nSPS) is 10.8. The van der Waals surface area contributed by atoms with Crippen molar-refractivity contribution in [3.05, 3.63) is 77.7 Å². The van der Waals surface area contributed by atoms with E-state index in [0.29, 0.717) is 5.33 Å². The molecule has 116 valence electrons. The topological polar surface area (TPSA) is 12.9 Å². The molecule has 2 aromatic carbocycles. The second kappa shape index (κ2) is 6.54. The van der Waals surface area contributed by atoms with E-state index >= 15 is 0 Å². The molecule has 0 aliphatic rings. The molecule has 1 aromatic heterocycles. The van der Waals surface area contributed by atoms with Gasteiger partial charge < -0.3 is 0 Å². The Morgan fingerprint density at radius 3 is 2.26 bits per heavy atom. The van der Waals surface area contributed by atoms with Gasteiger partial charge in [-0.3, -0.25) is 4.98 Å². The number of nitrogens with zero attached hydrogens (tertiary/aromatic N) is 1. The Morgan fingerprint density at radius 1 is 0.913 bits per heavy atom. The number of alkyl halides is 1. The van der Waals surface area contributed by atoms with Crippen LogP contribution in [0.25, 0.3) is 22.4 Å². The van der Waals surface area contributed by atoms with Crippen LogP contribution in [0.15, 0.2) is 54.7 Å². The predicted molar refractivity (Wildman–Crippen MR) is 87.6 cm³/mol. The second-order valence-electron chi connectivity index (χ2n) is 4.95. The van der Waals surface area contributed by atoms with E-state index in [0.717, 1.165) is 11.6 Å². The van der Waals surface area contributed by atoms with E-state index in [-0.39, 0.29) is 22.4 Å². The van der Waals surface area contributed by atoms with Gasteiger partial charge in [0.25, 0.3) is 0 Å². The maximum absolute atomic E-state index is 14.4. The SMILES string of the molecule is Fc1cc(-c2ccccn2)c(F)c(F)c1-c1ccc(CBr)cc1. The highest BCUT2D eigenvalue weighted by Crippen LogP contribution is 2.33. The van der Waals surface area contributed by atoms with Crippen LogP contribution in [0.2, 0.25) is 0 Å². The van der Waals surface area contributed by atoms with Crippen LogP contribution in [0, 0.1) is 17.5 Å². The molecular weight excluding hydrogens is 367 g/mol. The average molecular weight is 378 g/mol. The van der Waals surface area contributed by atoms with Crippen molar-refractivity contribution in [1.29, 1.82) is 0 Å². The third-order valence-electron chi connectivity index (χ3n) is 3.50. The van der Waals surface area contributed by atoms with Crippen LogP contribution >= 0.6 is 15.9 Å². The lowest BCUT2D eigenvalue weighted by atomic mass is 9.99. The molecule has 5 heteroatoms. The van der Waals surface area contributed by atoms with Gasteiger partial charge in [0.15, 0.2) is 11.6 Å². The summed E-state index contributed by atoms with van der Waals surface area (Å²) < 4.78 is 43.2. The van der Waals surface area contributed by atoms with E-state index in [9.17, 15) is 13.2 Å². The molecule has 0 aliphatic carbocycles. The van der Waals surface area contributed by atoms with Gasteiger partial charge in [0, 0.05) is 17.1 Å². The minimum atomic E-state index is -1.21. The van der Waals surface area contributed by atoms with E-state index < -0.39 is 17.5 Å². The lowest BCUT2D eigenvalue weighted by molar-refractivity contribution is 0.501. The fraction of sp³-hybridized carbons (Fsp3) is 0.0556. The zero-order valence-corrected chi connectivity index (χ0v) is 13.4. The average Bonchev–Trinajstić information content (AvgIpc) is 2.59. The van der Waals surface area contributed by atoms with E-state index in [1.54, 1.807) is 36.4 Å². The van der Waals surface area contributed by atoms with Crippen molar-refractivity contribution < 1.29 is 13.2 Å². The molecule has 3 rings (SSSR count). The third-order valence-corrected chi connectivity index (χ3v) is 4.14. The number of rotatable bonds is 3. The van der Waals surface area contributed by atoms with Crippen molar-refractivity contribution in [2.75, 3.05) is 0 Å². The van der Waals surface area contributed by atoms with Crippen LogP contribution < -0.4 is 0 Å². The summed E-state index contributed by atoms with van der Waals surface area (Å²) in [6, 6.07) is 12.4. The Kier molecular flexibility index (Phi) is 4.48. The Bertz CT molecular complexity index is 833. The summed E-state index contributed by atoms with van der Waals surface area (Å²) in [7, 11) is 0. The molecule has 0 saturated heterocycles. The molecule has 0 bridgehead atoms. The maximum atomic E-state index is 14.4. The third kappa shape index (κ3) is 3.01. The van der Waals surface area contributed by atoms with E-state index in [2.05, 4.69) is 20.9 Å². The fourth-order valence-corrected chi connectivity index (χ4v) is 2.70. The van der Waals surface area contributed by atoms with Gasteiger partial charge in [0.2, 0.25) is 0 Å². The highest BCUT2D eigenvalue weighted by Gasteiger charge is 2.21. The molecule has 3 aromatic rings. The molecule has 0 fully saturated rings. The highest BCUT2D eigenvalue weighted by atomic mass is 79.9. The minimum Gasteiger partial charge on any atom is -0.256 e. The molecule has 0 atom stereocenters. The zero-order valence-electron chi connectivity index (χ0n) is 11.9. The molecule has 1 nitrogen and oxygen atoms in total. The van der Waals surface area contributed by atoms with Crippen molar-refractivity contribution in [1.82, 2.24) is 4.98 Å². The summed E-state index contributed by atoms with van der Waals surface area (Å²) >= 11 is 3.30. The van der Waals surface area contributed by atoms with Gasteiger partial charge in [-0.25, -0.2) is 13.2 Å². The van der Waals surface area contributed by atoms with Gasteiger partial charge in [-0.1, -0.05) is 46.3 Å². The van der Waals surface area contributed by atoms with Gasteiger partial charge in [-0.05, 0) is 29.3 Å². The van der Waals surface area contributed by atoms with E-state index in [1.165, 1.54) is 12.3 Å². The van der Waals surface area contributed by atoms with Crippen LogP contribution in [0.5, 0.6) is 0 Å². The number of benzene rings is 2. The van der Waals surface area contributed by atoms with Crippen LogP contribution in [0.3, 0.4) is 0 Å². The summed E-state index contributed by atoms with van der Waals surface area (Å²) in [5.74, 6) is -3.14. The summed E-state index contributed by atoms with van der Waals surface area (Å²) in [5.41, 5.74) is 0.866. The molecule has 0 amide bonds. The van der Waals surface area contributed by atoms with Gasteiger partial charge in [-0.2, -0.15) is 0 Å². The smallest absolute Gasteiger partial charge is 0.170 e. The summed E-state index contributed by atoms with van der Waals surface area (Å²) in [6.45, 7) is 0. The lowest BCUT2D eigenvalue weighted by Crippen LogP contribution is -1.99. The Hall–Kier alpha value is -2.14. The standard InChI is InChI=1S/C18H11BrF3N/c19-10-11-4-6-12(7-5-11)16-14(20)9-13(17(21)18(16)22)15-3-1-2-8-23-15/h1-9H,10H2. The fourth-order valence-electron chi connectivity index (χ4n) is 2.33. The first-order valence-electron chi connectivity index (χ1n) is 6.86. The second-order valence-corrected chi connectivity index (χ2v) is 5.52. The lowest BCUT2D eigenvalue weighted by Gasteiger charge is -2.10. The Balaban J connectivity index is 2.14. The summed E-state index contributed by atoms with van der Waals surface area (Å²) in [4.78, 5) is 3.94. The van der Waals surface area contributed by atoms with Gasteiger partial charge in [0.05, 0.1) is 11.3 Å². The predicted octanol–water partition coefficient (Wildman–Crippen LogP) is 5.73. The monoisotopic (exact) mass is 377 g/mol. The minimum absolute atomic E-state index is 0.184. The first kappa shape index (κ1) is 15.7.